The second-order valence-corrected chi connectivity index (χ2v) is 8.10. The number of aliphatic carboxylic acids is 1. The minimum Gasteiger partial charge on any atom is -0.479 e. The number of oxime groups is 1. The van der Waals surface area contributed by atoms with E-state index in [9.17, 15) is 19.2 Å². The summed E-state index contributed by atoms with van der Waals surface area (Å²) in [6.45, 7) is 2.88. The molecule has 14 heteroatoms. The molecular formula is C17H17N5O7S2. The van der Waals surface area contributed by atoms with Crippen molar-refractivity contribution in [3.8, 4) is 0 Å². The number of hydrogen-bond donors (Lipinski definition) is 3. The number of allylic oxidation sites excluding steroid dienone is 1. The molecule has 0 radical (unpaired) electrons. The fourth-order valence-electron chi connectivity index (χ4n) is 2.85. The van der Waals surface area contributed by atoms with Gasteiger partial charge in [0.2, 0.25) is 6.61 Å². The summed E-state index contributed by atoms with van der Waals surface area (Å²) < 4.78 is 4.76. The van der Waals surface area contributed by atoms with Crippen molar-refractivity contribution in [2.24, 2.45) is 5.16 Å². The van der Waals surface area contributed by atoms with Crippen LogP contribution in [0, 0.1) is 0 Å². The summed E-state index contributed by atoms with van der Waals surface area (Å²) in [6.07, 6.45) is 1.48. The Morgan fingerprint density at radius 2 is 2.26 bits per heavy atom. The first-order valence-corrected chi connectivity index (χ1v) is 10.5. The fraction of sp³-hybridized carbons (Fsp3) is 0.294. The lowest BCUT2D eigenvalue weighted by Crippen LogP contribution is -2.71. The van der Waals surface area contributed by atoms with Gasteiger partial charge in [-0.2, -0.15) is 0 Å². The van der Waals surface area contributed by atoms with Gasteiger partial charge in [-0.25, -0.2) is 14.6 Å². The van der Waals surface area contributed by atoms with Gasteiger partial charge in [-0.1, -0.05) is 17.8 Å². The van der Waals surface area contributed by atoms with Gasteiger partial charge in [-0.15, -0.1) is 23.1 Å². The molecule has 0 saturated carbocycles. The monoisotopic (exact) mass is 467 g/mol. The molecule has 31 heavy (non-hydrogen) atoms. The van der Waals surface area contributed by atoms with Crippen molar-refractivity contribution in [2.75, 3.05) is 25.2 Å². The van der Waals surface area contributed by atoms with Crippen LogP contribution in [0.15, 0.2) is 34.5 Å². The number of rotatable bonds is 8. The third kappa shape index (κ3) is 4.39. The number of nitrogens with two attached hydrogens (primary N) is 1. The highest BCUT2D eigenvalue weighted by molar-refractivity contribution is 8.00. The van der Waals surface area contributed by atoms with Crippen LogP contribution in [-0.4, -0.2) is 75.3 Å². The molecule has 0 spiro atoms. The first-order chi connectivity index (χ1) is 14.8. The molecule has 3 heterocycles. The molecule has 1 saturated heterocycles. The van der Waals surface area contributed by atoms with E-state index in [4.69, 9.17) is 15.6 Å². The van der Waals surface area contributed by atoms with Crippen molar-refractivity contribution in [1.82, 2.24) is 15.2 Å². The molecule has 0 bridgehead atoms. The highest BCUT2D eigenvalue weighted by Gasteiger charge is 2.54. The molecule has 2 amide bonds. The highest BCUT2D eigenvalue weighted by Crippen LogP contribution is 2.40. The molecule has 2 aliphatic heterocycles. The SMILES string of the molecule is C=CC1=C(C(=O)OC)N2C(=O)[C@@H](NC(=O)/C(=N\OCC(=O)O)c3csc(N)n3)[C@H]2SC1. The molecule has 1 fully saturated rings. The number of thioether (sulfide) groups is 1. The number of carbonyl (C=O) groups is 4. The number of aromatic nitrogens is 1. The maximum Gasteiger partial charge on any atom is 0.355 e. The Hall–Kier alpha value is -3.39. The number of esters is 1. The maximum atomic E-state index is 12.8. The zero-order valence-electron chi connectivity index (χ0n) is 16.1. The van der Waals surface area contributed by atoms with Crippen LogP contribution >= 0.6 is 23.1 Å². The molecule has 3 rings (SSSR count). The van der Waals surface area contributed by atoms with E-state index in [-0.39, 0.29) is 22.2 Å². The fourth-order valence-corrected chi connectivity index (χ4v) is 4.74. The van der Waals surface area contributed by atoms with Gasteiger partial charge in [0.25, 0.3) is 11.8 Å². The molecule has 2 aliphatic rings. The lowest BCUT2D eigenvalue weighted by molar-refractivity contribution is -0.151. The van der Waals surface area contributed by atoms with Crippen LogP contribution in [-0.2, 0) is 28.8 Å². The second kappa shape index (κ2) is 9.18. The van der Waals surface area contributed by atoms with Crippen molar-refractivity contribution in [3.63, 3.8) is 0 Å². The van der Waals surface area contributed by atoms with Crippen molar-refractivity contribution < 1.29 is 33.9 Å². The van der Waals surface area contributed by atoms with E-state index < -0.39 is 41.8 Å². The number of amides is 2. The first-order valence-electron chi connectivity index (χ1n) is 8.61. The molecule has 0 aromatic carbocycles. The second-order valence-electron chi connectivity index (χ2n) is 6.11. The van der Waals surface area contributed by atoms with E-state index in [2.05, 4.69) is 26.9 Å². The molecule has 12 nitrogen and oxygen atoms in total. The summed E-state index contributed by atoms with van der Waals surface area (Å²) in [6, 6.07) is -0.954. The number of fused-ring (bicyclic) bond motifs is 1. The minimum atomic E-state index is -1.29. The van der Waals surface area contributed by atoms with Crippen molar-refractivity contribution in [2.45, 2.75) is 11.4 Å². The largest absolute Gasteiger partial charge is 0.479 e. The van der Waals surface area contributed by atoms with Gasteiger partial charge in [0.15, 0.2) is 10.8 Å². The van der Waals surface area contributed by atoms with Crippen LogP contribution < -0.4 is 11.1 Å². The van der Waals surface area contributed by atoms with E-state index in [1.165, 1.54) is 35.2 Å². The topological polar surface area (TPSA) is 174 Å². The van der Waals surface area contributed by atoms with Gasteiger partial charge in [0.1, 0.15) is 22.8 Å². The molecule has 164 valence electrons. The van der Waals surface area contributed by atoms with Crippen LogP contribution in [0.3, 0.4) is 0 Å². The third-order valence-electron chi connectivity index (χ3n) is 4.23. The van der Waals surface area contributed by atoms with Crippen molar-refractivity contribution in [1.29, 1.82) is 0 Å². The van der Waals surface area contributed by atoms with Crippen molar-refractivity contribution in [3.05, 3.63) is 35.0 Å². The van der Waals surface area contributed by atoms with Gasteiger partial charge in [0.05, 0.1) is 7.11 Å². The highest BCUT2D eigenvalue weighted by atomic mass is 32.2. The summed E-state index contributed by atoms with van der Waals surface area (Å²) in [5.74, 6) is -2.91. The van der Waals surface area contributed by atoms with E-state index in [0.717, 1.165) is 11.3 Å². The Labute approximate surface area is 183 Å². The lowest BCUT2D eigenvalue weighted by Gasteiger charge is -2.49. The van der Waals surface area contributed by atoms with Gasteiger partial charge < -0.3 is 25.7 Å². The molecule has 0 aliphatic carbocycles. The number of thiazole rings is 1. The molecular weight excluding hydrogens is 450 g/mol. The van der Waals surface area contributed by atoms with Crippen LogP contribution in [0.2, 0.25) is 0 Å². The number of anilines is 1. The average molecular weight is 467 g/mol. The van der Waals surface area contributed by atoms with Gasteiger partial charge in [-0.3, -0.25) is 14.5 Å². The van der Waals surface area contributed by atoms with E-state index >= 15 is 0 Å². The Morgan fingerprint density at radius 3 is 2.84 bits per heavy atom. The number of carboxylic acid groups (broad SMARTS) is 1. The molecule has 1 aromatic rings. The zero-order chi connectivity index (χ0) is 22.7. The number of nitrogen functional groups attached to an aromatic ring is 1. The molecule has 4 N–H and O–H groups in total. The van der Waals surface area contributed by atoms with Crippen LogP contribution in [0.5, 0.6) is 0 Å². The number of β-lactam (4-membered cyclic amide) rings is 1. The zero-order valence-corrected chi connectivity index (χ0v) is 17.7. The average Bonchev–Trinajstić information content (AvgIpc) is 3.18. The smallest absolute Gasteiger partial charge is 0.355 e. The number of nitrogens with one attached hydrogen (secondary N) is 1. The number of methoxy groups -OCH3 is 1. The standard InChI is InChI=1S/C17H17N5O7S2/c1-3-7-5-30-15-11(14(26)22(15)12(7)16(27)28-2)20-13(25)10(21-29-4-9(23)24)8-6-31-17(18)19-8/h3,6,11,15H,1,4-5H2,2H3,(H2,18,19)(H,20,25)(H,23,24)/b21-10-/t11-,15-/m1/s1. The quantitative estimate of drug-likeness (QED) is 0.196. The Morgan fingerprint density at radius 1 is 1.52 bits per heavy atom. The molecule has 0 unspecified atom stereocenters. The van der Waals surface area contributed by atoms with Crippen LogP contribution in [0.4, 0.5) is 5.13 Å². The number of hydrogen-bond acceptors (Lipinski definition) is 11. The van der Waals surface area contributed by atoms with Crippen LogP contribution in [0.1, 0.15) is 5.69 Å². The number of carbonyl (C=O) groups excluding carboxylic acids is 3. The summed E-state index contributed by atoms with van der Waals surface area (Å²) in [5.41, 5.74) is 5.95. The summed E-state index contributed by atoms with van der Waals surface area (Å²) in [4.78, 5) is 58.2. The number of ether oxygens (including phenoxy) is 1. The van der Waals surface area contributed by atoms with Gasteiger partial charge in [-0.05, 0) is 5.57 Å². The van der Waals surface area contributed by atoms with Crippen LogP contribution in [0.25, 0.3) is 0 Å². The van der Waals surface area contributed by atoms with Crippen molar-refractivity contribution >= 4 is 57.7 Å². The summed E-state index contributed by atoms with van der Waals surface area (Å²) in [7, 11) is 1.20. The predicted molar refractivity (Wildman–Crippen MR) is 111 cm³/mol. The molecule has 2 atom stereocenters. The first kappa shape index (κ1) is 22.3. The van der Waals surface area contributed by atoms with E-state index in [1.54, 1.807) is 0 Å². The van der Waals surface area contributed by atoms with E-state index in [1.807, 2.05) is 0 Å². The summed E-state index contributed by atoms with van der Waals surface area (Å²) >= 11 is 2.38. The Bertz CT molecular complexity index is 1020. The predicted octanol–water partition coefficient (Wildman–Crippen LogP) is -0.456. The Balaban J connectivity index is 1.80. The van der Waals surface area contributed by atoms with Gasteiger partial charge >= 0.3 is 11.9 Å². The molecule has 1 aromatic heterocycles. The number of nitrogens with zero attached hydrogens (tertiary/aromatic N) is 3. The van der Waals surface area contributed by atoms with E-state index in [0.29, 0.717) is 11.3 Å². The lowest BCUT2D eigenvalue weighted by atomic mass is 10.0. The summed E-state index contributed by atoms with van der Waals surface area (Å²) in [5, 5.41) is 15.8. The number of carboxylic acids is 1. The Kier molecular flexibility index (Phi) is 6.60. The van der Waals surface area contributed by atoms with Gasteiger partial charge in [0, 0.05) is 11.1 Å². The normalized spacial score (nSPS) is 20.5. The third-order valence-corrected chi connectivity index (χ3v) is 6.21. The maximum absolute atomic E-state index is 12.8. The minimum absolute atomic E-state index is 0.0643.